The Kier molecular flexibility index (Phi) is 6.49. The molecule has 0 bridgehead atoms. The van der Waals surface area contributed by atoms with Gasteiger partial charge >= 0.3 is 0 Å². The molecule has 1 aliphatic carbocycles. The van der Waals surface area contributed by atoms with E-state index in [1.807, 2.05) is 29.2 Å². The van der Waals surface area contributed by atoms with Gasteiger partial charge in [0.25, 0.3) is 5.91 Å². The van der Waals surface area contributed by atoms with E-state index in [2.05, 4.69) is 15.1 Å². The molecule has 0 N–H and O–H groups in total. The van der Waals surface area contributed by atoms with Crippen molar-refractivity contribution < 1.29 is 14.3 Å². The van der Waals surface area contributed by atoms with Gasteiger partial charge in [-0.2, -0.15) is 0 Å². The number of nitrogens with zero attached hydrogens (tertiary/aromatic N) is 4. The van der Waals surface area contributed by atoms with Gasteiger partial charge in [-0.05, 0) is 25.0 Å². The standard InChI is InChI=1S/C21H28N4O3S/c1-27-17-9-5-6-10-18(17)28-15-19(26)24-11-13-25(14-12-24)21-23-22-20(29-21)16-7-3-2-4-8-16/h5-6,9-10,16H,2-4,7-8,11-15H2,1H3. The minimum absolute atomic E-state index is 0.00397. The molecule has 2 aliphatic rings. The molecule has 1 saturated heterocycles. The molecule has 29 heavy (non-hydrogen) atoms. The molecule has 0 unspecified atom stereocenters. The number of rotatable bonds is 6. The van der Waals surface area contributed by atoms with Crippen LogP contribution in [-0.4, -0.2) is 60.9 Å². The summed E-state index contributed by atoms with van der Waals surface area (Å²) in [7, 11) is 1.59. The first-order valence-corrected chi connectivity index (χ1v) is 11.2. The van der Waals surface area contributed by atoms with Gasteiger partial charge in [0.1, 0.15) is 5.01 Å². The van der Waals surface area contributed by atoms with Gasteiger partial charge in [-0.1, -0.05) is 42.7 Å². The number of benzene rings is 1. The number of piperazine rings is 1. The van der Waals surface area contributed by atoms with E-state index < -0.39 is 0 Å². The average molecular weight is 417 g/mol. The number of hydrogen-bond acceptors (Lipinski definition) is 7. The lowest BCUT2D eigenvalue weighted by atomic mass is 9.90. The molecule has 2 aromatic rings. The average Bonchev–Trinajstić information content (AvgIpc) is 3.29. The fraction of sp³-hybridized carbons (Fsp3) is 0.571. The summed E-state index contributed by atoms with van der Waals surface area (Å²) in [5.74, 6) is 1.81. The second-order valence-corrected chi connectivity index (χ2v) is 8.55. The molecule has 8 heteroatoms. The molecule has 1 aromatic carbocycles. The molecule has 1 saturated carbocycles. The number of para-hydroxylation sites is 2. The maximum Gasteiger partial charge on any atom is 0.260 e. The molecule has 7 nitrogen and oxygen atoms in total. The minimum Gasteiger partial charge on any atom is -0.493 e. The summed E-state index contributed by atoms with van der Waals surface area (Å²) in [6.07, 6.45) is 6.43. The van der Waals surface area contributed by atoms with Crippen LogP contribution in [0, 0.1) is 0 Å². The predicted molar refractivity (Wildman–Crippen MR) is 113 cm³/mol. The zero-order chi connectivity index (χ0) is 20.1. The van der Waals surface area contributed by atoms with E-state index in [-0.39, 0.29) is 12.5 Å². The van der Waals surface area contributed by atoms with Crippen LogP contribution in [-0.2, 0) is 4.79 Å². The summed E-state index contributed by atoms with van der Waals surface area (Å²) >= 11 is 1.73. The smallest absolute Gasteiger partial charge is 0.260 e. The van der Waals surface area contributed by atoms with E-state index in [1.54, 1.807) is 18.4 Å². The van der Waals surface area contributed by atoms with Gasteiger partial charge in [0.15, 0.2) is 18.1 Å². The van der Waals surface area contributed by atoms with Crippen molar-refractivity contribution in [3.8, 4) is 11.5 Å². The van der Waals surface area contributed by atoms with Crippen molar-refractivity contribution in [3.05, 3.63) is 29.3 Å². The van der Waals surface area contributed by atoms with Crippen LogP contribution in [0.2, 0.25) is 0 Å². The zero-order valence-electron chi connectivity index (χ0n) is 16.9. The van der Waals surface area contributed by atoms with Gasteiger partial charge in [0.2, 0.25) is 5.13 Å². The van der Waals surface area contributed by atoms with Crippen molar-refractivity contribution in [2.24, 2.45) is 0 Å². The topological polar surface area (TPSA) is 67.8 Å². The lowest BCUT2D eigenvalue weighted by Gasteiger charge is -2.34. The number of hydrogen-bond donors (Lipinski definition) is 0. The lowest BCUT2D eigenvalue weighted by molar-refractivity contribution is -0.133. The van der Waals surface area contributed by atoms with Crippen molar-refractivity contribution in [2.45, 2.75) is 38.0 Å². The number of aromatic nitrogens is 2. The second-order valence-electron chi connectivity index (χ2n) is 7.57. The van der Waals surface area contributed by atoms with Crippen LogP contribution >= 0.6 is 11.3 Å². The molecule has 2 heterocycles. The number of amides is 1. The summed E-state index contributed by atoms with van der Waals surface area (Å²) in [5, 5.41) is 11.1. The molecule has 1 amide bonds. The SMILES string of the molecule is COc1ccccc1OCC(=O)N1CCN(c2nnc(C3CCCCC3)s2)CC1. The van der Waals surface area contributed by atoms with Crippen molar-refractivity contribution >= 4 is 22.4 Å². The van der Waals surface area contributed by atoms with E-state index in [1.165, 1.54) is 37.1 Å². The van der Waals surface area contributed by atoms with Crippen molar-refractivity contribution in [1.82, 2.24) is 15.1 Å². The minimum atomic E-state index is -0.00397. The van der Waals surface area contributed by atoms with Crippen molar-refractivity contribution in [3.63, 3.8) is 0 Å². The second kappa shape index (κ2) is 9.43. The van der Waals surface area contributed by atoms with Crippen LogP contribution in [0.15, 0.2) is 24.3 Å². The molecule has 0 atom stereocenters. The third-order valence-corrected chi connectivity index (χ3v) is 6.85. The number of anilines is 1. The first-order chi connectivity index (χ1) is 14.2. The Balaban J connectivity index is 1.27. The third kappa shape index (κ3) is 4.80. The number of carbonyl (C=O) groups is 1. The van der Waals surface area contributed by atoms with Gasteiger partial charge in [-0.25, -0.2) is 0 Å². The van der Waals surface area contributed by atoms with Crippen molar-refractivity contribution in [1.29, 1.82) is 0 Å². The first kappa shape index (κ1) is 19.9. The monoisotopic (exact) mass is 416 g/mol. The van der Waals surface area contributed by atoms with Gasteiger partial charge in [-0.3, -0.25) is 4.79 Å². The summed E-state index contributed by atoms with van der Waals surface area (Å²) in [5.41, 5.74) is 0. The van der Waals surface area contributed by atoms with Gasteiger partial charge in [-0.15, -0.1) is 10.2 Å². The Morgan fingerprint density at radius 2 is 1.79 bits per heavy atom. The maximum atomic E-state index is 12.5. The molecular formula is C21H28N4O3S. The molecule has 156 valence electrons. The molecule has 2 fully saturated rings. The Morgan fingerprint density at radius 1 is 1.07 bits per heavy atom. The van der Waals surface area contributed by atoms with E-state index in [9.17, 15) is 4.79 Å². The zero-order valence-corrected chi connectivity index (χ0v) is 17.7. The summed E-state index contributed by atoms with van der Waals surface area (Å²) in [6, 6.07) is 7.37. The Labute approximate surface area is 175 Å². The van der Waals surface area contributed by atoms with Crippen LogP contribution in [0.5, 0.6) is 11.5 Å². The van der Waals surface area contributed by atoms with Crippen LogP contribution in [0.3, 0.4) is 0 Å². The van der Waals surface area contributed by atoms with E-state index in [0.717, 1.165) is 18.2 Å². The molecule has 4 rings (SSSR count). The highest BCUT2D eigenvalue weighted by Gasteiger charge is 2.25. The Morgan fingerprint density at radius 3 is 2.52 bits per heavy atom. The van der Waals surface area contributed by atoms with Gasteiger partial charge < -0.3 is 19.3 Å². The van der Waals surface area contributed by atoms with Gasteiger partial charge in [0.05, 0.1) is 7.11 Å². The summed E-state index contributed by atoms with van der Waals surface area (Å²) in [4.78, 5) is 16.6. The normalized spacial score (nSPS) is 18.0. The van der Waals surface area contributed by atoms with Crippen LogP contribution in [0.1, 0.15) is 43.0 Å². The maximum absolute atomic E-state index is 12.5. The largest absolute Gasteiger partial charge is 0.493 e. The van der Waals surface area contributed by atoms with E-state index in [4.69, 9.17) is 9.47 Å². The van der Waals surface area contributed by atoms with Crippen molar-refractivity contribution in [2.75, 3.05) is 44.8 Å². The third-order valence-electron chi connectivity index (χ3n) is 5.71. The molecular weight excluding hydrogens is 388 g/mol. The highest BCUT2D eigenvalue weighted by molar-refractivity contribution is 7.15. The number of carbonyl (C=O) groups excluding carboxylic acids is 1. The fourth-order valence-electron chi connectivity index (χ4n) is 3.98. The van der Waals surface area contributed by atoms with Gasteiger partial charge in [0, 0.05) is 32.1 Å². The summed E-state index contributed by atoms with van der Waals surface area (Å²) < 4.78 is 10.9. The Bertz CT molecular complexity index is 814. The van der Waals surface area contributed by atoms with Crippen LogP contribution in [0.4, 0.5) is 5.13 Å². The highest BCUT2D eigenvalue weighted by Crippen LogP contribution is 2.36. The molecule has 1 aromatic heterocycles. The van der Waals surface area contributed by atoms with Crippen LogP contribution in [0.25, 0.3) is 0 Å². The number of ether oxygens (including phenoxy) is 2. The fourth-order valence-corrected chi connectivity index (χ4v) is 5.05. The van der Waals surface area contributed by atoms with E-state index >= 15 is 0 Å². The quantitative estimate of drug-likeness (QED) is 0.720. The summed E-state index contributed by atoms with van der Waals surface area (Å²) in [6.45, 7) is 2.92. The molecule has 1 aliphatic heterocycles. The first-order valence-electron chi connectivity index (χ1n) is 10.4. The predicted octanol–water partition coefficient (Wildman–Crippen LogP) is 3.32. The van der Waals surface area contributed by atoms with Crippen LogP contribution < -0.4 is 14.4 Å². The highest BCUT2D eigenvalue weighted by atomic mass is 32.1. The number of methoxy groups -OCH3 is 1. The Hall–Kier alpha value is -2.35. The molecule has 0 radical (unpaired) electrons. The molecule has 0 spiro atoms. The lowest BCUT2D eigenvalue weighted by Crippen LogP contribution is -2.50. The van der Waals surface area contributed by atoms with E-state index in [0.29, 0.717) is 30.5 Å².